The van der Waals surface area contributed by atoms with Crippen LogP contribution in [0.5, 0.6) is 0 Å². The van der Waals surface area contributed by atoms with Crippen molar-refractivity contribution < 1.29 is 13.5 Å². The van der Waals surface area contributed by atoms with Crippen LogP contribution in [0, 0.1) is 6.92 Å². The molecule has 0 atom stereocenters. The summed E-state index contributed by atoms with van der Waals surface area (Å²) in [6.07, 6.45) is 0.888. The van der Waals surface area contributed by atoms with E-state index in [1.807, 2.05) is 0 Å². The monoisotopic (exact) mass is 291 g/mol. The third-order valence-electron chi connectivity index (χ3n) is 3.14. The maximum absolute atomic E-state index is 12.4. The van der Waals surface area contributed by atoms with Crippen molar-refractivity contribution in [1.29, 1.82) is 0 Å². The molecule has 0 unspecified atom stereocenters. The first-order chi connectivity index (χ1) is 8.22. The second-order valence-electron chi connectivity index (χ2n) is 4.83. The minimum atomic E-state index is -3.52. The van der Waals surface area contributed by atoms with E-state index >= 15 is 0 Å². The molecule has 3 N–H and O–H groups in total. The molecule has 102 valence electrons. The smallest absolute Gasteiger partial charge is 0.254 e. The zero-order valence-electron chi connectivity index (χ0n) is 10.4. The van der Waals surface area contributed by atoms with Crippen molar-refractivity contribution in [3.8, 4) is 0 Å². The number of anilines is 1. The fraction of sp³-hybridized carbons (Fsp3) is 0.700. The van der Waals surface area contributed by atoms with Gasteiger partial charge in [-0.3, -0.25) is 0 Å². The van der Waals surface area contributed by atoms with E-state index in [9.17, 15) is 13.5 Å². The lowest BCUT2D eigenvalue weighted by molar-refractivity contribution is 0.0126. The van der Waals surface area contributed by atoms with E-state index in [4.69, 9.17) is 5.73 Å². The lowest BCUT2D eigenvalue weighted by Crippen LogP contribution is -2.44. The molecule has 8 heteroatoms. The van der Waals surface area contributed by atoms with Crippen LogP contribution in [0.25, 0.3) is 0 Å². The molecule has 1 aromatic heterocycles. The Morgan fingerprint density at radius 3 is 2.44 bits per heavy atom. The summed E-state index contributed by atoms with van der Waals surface area (Å²) >= 11 is 0.989. The predicted octanol–water partition coefficient (Wildman–Crippen LogP) is 0.569. The van der Waals surface area contributed by atoms with E-state index in [0.29, 0.717) is 31.6 Å². The maximum atomic E-state index is 12.4. The van der Waals surface area contributed by atoms with Crippen molar-refractivity contribution in [3.63, 3.8) is 0 Å². The van der Waals surface area contributed by atoms with Gasteiger partial charge in [0.25, 0.3) is 10.0 Å². The Hall–Kier alpha value is -0.700. The molecule has 0 aromatic carbocycles. The Morgan fingerprint density at radius 2 is 2.00 bits per heavy atom. The molecule has 1 aliphatic heterocycles. The third kappa shape index (κ3) is 2.51. The summed E-state index contributed by atoms with van der Waals surface area (Å²) in [6.45, 7) is 4.02. The molecule has 0 aliphatic carbocycles. The number of thiazole rings is 1. The number of aromatic nitrogens is 1. The van der Waals surface area contributed by atoms with E-state index < -0.39 is 15.6 Å². The van der Waals surface area contributed by atoms with Crippen molar-refractivity contribution >= 4 is 26.5 Å². The highest BCUT2D eigenvalue weighted by Gasteiger charge is 2.35. The number of nitrogens with zero attached hydrogens (tertiary/aromatic N) is 2. The fourth-order valence-corrected chi connectivity index (χ4v) is 4.84. The van der Waals surface area contributed by atoms with E-state index in [1.54, 1.807) is 13.8 Å². The zero-order valence-corrected chi connectivity index (χ0v) is 12.0. The summed E-state index contributed by atoms with van der Waals surface area (Å²) < 4.78 is 26.4. The highest BCUT2D eigenvalue weighted by molar-refractivity contribution is 7.91. The normalized spacial score (nSPS) is 21.1. The molecule has 1 saturated heterocycles. The van der Waals surface area contributed by atoms with Gasteiger partial charge < -0.3 is 10.8 Å². The van der Waals surface area contributed by atoms with Gasteiger partial charge >= 0.3 is 0 Å². The Morgan fingerprint density at radius 1 is 1.44 bits per heavy atom. The fourth-order valence-electron chi connectivity index (χ4n) is 1.97. The first-order valence-corrected chi connectivity index (χ1v) is 7.93. The molecular weight excluding hydrogens is 274 g/mol. The molecular formula is C10H17N3O3S2. The highest BCUT2D eigenvalue weighted by atomic mass is 32.2. The molecule has 2 rings (SSSR count). The van der Waals surface area contributed by atoms with Gasteiger partial charge in [0.2, 0.25) is 0 Å². The van der Waals surface area contributed by atoms with Crippen LogP contribution in [-0.4, -0.2) is 41.5 Å². The SMILES string of the molecule is Cc1nc(N)sc1S(=O)(=O)N1CCC(C)(O)CC1. The highest BCUT2D eigenvalue weighted by Crippen LogP contribution is 2.31. The van der Waals surface area contributed by atoms with E-state index in [2.05, 4.69) is 4.98 Å². The molecule has 1 fully saturated rings. The average molecular weight is 291 g/mol. The second kappa shape index (κ2) is 4.44. The first kappa shape index (κ1) is 13.7. The first-order valence-electron chi connectivity index (χ1n) is 5.68. The van der Waals surface area contributed by atoms with Gasteiger partial charge in [-0.1, -0.05) is 11.3 Å². The number of piperidine rings is 1. The van der Waals surface area contributed by atoms with Crippen LogP contribution in [-0.2, 0) is 10.0 Å². The van der Waals surface area contributed by atoms with Gasteiger partial charge in [0.05, 0.1) is 11.3 Å². The topological polar surface area (TPSA) is 96.5 Å². The molecule has 0 saturated carbocycles. The Kier molecular flexibility index (Phi) is 3.39. The number of aliphatic hydroxyl groups is 1. The molecule has 0 radical (unpaired) electrons. The average Bonchev–Trinajstić information content (AvgIpc) is 2.58. The van der Waals surface area contributed by atoms with Gasteiger partial charge in [-0.2, -0.15) is 4.31 Å². The Bertz CT molecular complexity index is 541. The molecule has 0 spiro atoms. The van der Waals surface area contributed by atoms with Crippen LogP contribution >= 0.6 is 11.3 Å². The summed E-state index contributed by atoms with van der Waals surface area (Å²) in [4.78, 5) is 3.94. The van der Waals surface area contributed by atoms with Crippen LogP contribution in [0.15, 0.2) is 4.21 Å². The van der Waals surface area contributed by atoms with Crippen LogP contribution in [0.2, 0.25) is 0 Å². The van der Waals surface area contributed by atoms with Crippen LogP contribution in [0.3, 0.4) is 0 Å². The minimum absolute atomic E-state index is 0.210. The minimum Gasteiger partial charge on any atom is -0.390 e. The molecule has 18 heavy (non-hydrogen) atoms. The third-order valence-corrected chi connectivity index (χ3v) is 6.62. The van der Waals surface area contributed by atoms with Crippen molar-refractivity contribution in [3.05, 3.63) is 5.69 Å². The van der Waals surface area contributed by atoms with Gasteiger partial charge in [0.1, 0.15) is 0 Å². The Balaban J connectivity index is 2.25. The molecule has 0 amide bonds. The lowest BCUT2D eigenvalue weighted by atomic mass is 9.95. The predicted molar refractivity (Wildman–Crippen MR) is 69.9 cm³/mol. The van der Waals surface area contributed by atoms with Gasteiger partial charge in [0, 0.05) is 13.1 Å². The van der Waals surface area contributed by atoms with Crippen LogP contribution < -0.4 is 5.73 Å². The second-order valence-corrected chi connectivity index (χ2v) is 7.99. The number of aryl methyl sites for hydroxylation is 1. The van der Waals surface area contributed by atoms with E-state index in [0.717, 1.165) is 11.3 Å². The van der Waals surface area contributed by atoms with Gasteiger partial charge in [-0.15, -0.1) is 0 Å². The lowest BCUT2D eigenvalue weighted by Gasteiger charge is -2.34. The zero-order chi connectivity index (χ0) is 13.6. The van der Waals surface area contributed by atoms with Gasteiger partial charge in [-0.25, -0.2) is 13.4 Å². The quantitative estimate of drug-likeness (QED) is 0.830. The summed E-state index contributed by atoms with van der Waals surface area (Å²) in [5, 5.41) is 10.1. The molecule has 2 heterocycles. The van der Waals surface area contributed by atoms with Crippen LogP contribution in [0.4, 0.5) is 5.13 Å². The van der Waals surface area contributed by atoms with Crippen molar-refractivity contribution in [2.24, 2.45) is 0 Å². The van der Waals surface area contributed by atoms with E-state index in [-0.39, 0.29) is 9.34 Å². The van der Waals surface area contributed by atoms with Gasteiger partial charge in [0.15, 0.2) is 9.34 Å². The number of rotatable bonds is 2. The number of sulfonamides is 1. The Labute approximate surface area is 110 Å². The number of hydrogen-bond acceptors (Lipinski definition) is 6. The summed E-state index contributed by atoms with van der Waals surface area (Å²) in [5.41, 5.74) is 5.20. The molecule has 1 aromatic rings. The standard InChI is InChI=1S/C10H17N3O3S2/c1-7-8(17-9(11)12-7)18(15,16)13-5-3-10(2,14)4-6-13/h14H,3-6H2,1-2H3,(H2,11,12). The summed E-state index contributed by atoms with van der Waals surface area (Å²) in [6, 6.07) is 0. The summed E-state index contributed by atoms with van der Waals surface area (Å²) in [5.74, 6) is 0. The van der Waals surface area contributed by atoms with Crippen molar-refractivity contribution in [1.82, 2.24) is 9.29 Å². The largest absolute Gasteiger partial charge is 0.390 e. The summed E-state index contributed by atoms with van der Waals surface area (Å²) in [7, 11) is -3.52. The van der Waals surface area contributed by atoms with Crippen LogP contribution in [0.1, 0.15) is 25.5 Å². The van der Waals surface area contributed by atoms with Crippen molar-refractivity contribution in [2.75, 3.05) is 18.8 Å². The van der Waals surface area contributed by atoms with E-state index in [1.165, 1.54) is 4.31 Å². The van der Waals surface area contributed by atoms with Crippen molar-refractivity contribution in [2.45, 2.75) is 36.5 Å². The van der Waals surface area contributed by atoms with Gasteiger partial charge in [-0.05, 0) is 26.7 Å². The molecule has 0 bridgehead atoms. The maximum Gasteiger partial charge on any atom is 0.254 e. The molecule has 6 nitrogen and oxygen atoms in total. The number of nitrogen functional groups attached to an aromatic ring is 1. The number of hydrogen-bond donors (Lipinski definition) is 2. The number of nitrogens with two attached hydrogens (primary N) is 1. The molecule has 1 aliphatic rings.